The lowest BCUT2D eigenvalue weighted by Crippen LogP contribution is -2.60. The van der Waals surface area contributed by atoms with E-state index >= 15 is 0 Å². The average molecular weight is 312 g/mol. The van der Waals surface area contributed by atoms with Crippen LogP contribution >= 0.6 is 0 Å². The molecular formula is C15H24N2O3S. The molecular weight excluding hydrogens is 288 g/mol. The van der Waals surface area contributed by atoms with Crippen LogP contribution in [0, 0.1) is 0 Å². The molecule has 0 radical (unpaired) electrons. The van der Waals surface area contributed by atoms with Crippen LogP contribution in [0.15, 0.2) is 30.3 Å². The lowest BCUT2D eigenvalue weighted by molar-refractivity contribution is -0.0644. The SMILES string of the molecule is CN(C)S(=O)(=O)N1CC(Cc2ccccc2)OCC1(C)C. The fourth-order valence-electron chi connectivity index (χ4n) is 2.48. The molecule has 118 valence electrons. The molecule has 1 aromatic rings. The van der Waals surface area contributed by atoms with E-state index in [2.05, 4.69) is 0 Å². The van der Waals surface area contributed by atoms with Crippen LogP contribution in [0.25, 0.3) is 0 Å². The number of nitrogens with zero attached hydrogens (tertiary/aromatic N) is 2. The first-order valence-corrected chi connectivity index (χ1v) is 8.49. The maximum absolute atomic E-state index is 12.5. The molecule has 21 heavy (non-hydrogen) atoms. The molecule has 2 rings (SSSR count). The predicted octanol–water partition coefficient (Wildman–Crippen LogP) is 1.51. The molecule has 1 atom stereocenters. The maximum Gasteiger partial charge on any atom is 0.282 e. The van der Waals surface area contributed by atoms with Gasteiger partial charge in [-0.25, -0.2) is 0 Å². The number of morpholine rings is 1. The second-order valence-electron chi connectivity index (χ2n) is 6.26. The third-order valence-corrected chi connectivity index (χ3v) is 5.89. The second-order valence-corrected chi connectivity index (χ2v) is 8.32. The summed E-state index contributed by atoms with van der Waals surface area (Å²) in [6.07, 6.45) is 0.603. The molecule has 0 aromatic heterocycles. The monoisotopic (exact) mass is 312 g/mol. The van der Waals surface area contributed by atoms with Crippen LogP contribution in [-0.4, -0.2) is 55.9 Å². The largest absolute Gasteiger partial charge is 0.375 e. The zero-order valence-electron chi connectivity index (χ0n) is 13.1. The van der Waals surface area contributed by atoms with E-state index in [0.29, 0.717) is 13.2 Å². The summed E-state index contributed by atoms with van der Waals surface area (Å²) in [5.41, 5.74) is 0.625. The van der Waals surface area contributed by atoms with Crippen molar-refractivity contribution in [2.75, 3.05) is 27.2 Å². The van der Waals surface area contributed by atoms with Gasteiger partial charge in [0.2, 0.25) is 0 Å². The van der Waals surface area contributed by atoms with Gasteiger partial charge in [0.05, 0.1) is 18.2 Å². The Morgan fingerprint density at radius 1 is 1.29 bits per heavy atom. The highest BCUT2D eigenvalue weighted by atomic mass is 32.2. The number of hydrogen-bond donors (Lipinski definition) is 0. The van der Waals surface area contributed by atoms with Crippen molar-refractivity contribution in [1.82, 2.24) is 8.61 Å². The quantitative estimate of drug-likeness (QED) is 0.847. The fraction of sp³-hybridized carbons (Fsp3) is 0.600. The van der Waals surface area contributed by atoms with Crippen molar-refractivity contribution in [2.24, 2.45) is 0 Å². The number of benzene rings is 1. The summed E-state index contributed by atoms with van der Waals surface area (Å²) in [4.78, 5) is 0. The van der Waals surface area contributed by atoms with E-state index in [0.717, 1.165) is 12.0 Å². The first-order chi connectivity index (χ1) is 9.73. The van der Waals surface area contributed by atoms with Gasteiger partial charge in [-0.1, -0.05) is 30.3 Å². The molecule has 0 bridgehead atoms. The minimum absolute atomic E-state index is 0.116. The predicted molar refractivity (Wildman–Crippen MR) is 83.3 cm³/mol. The first-order valence-electron chi connectivity index (χ1n) is 7.09. The molecule has 0 amide bonds. The molecule has 0 N–H and O–H groups in total. The standard InChI is InChI=1S/C15H24N2O3S/c1-15(2)12-20-14(10-13-8-6-5-7-9-13)11-17(15)21(18,19)16(3)4/h5-9,14H,10-12H2,1-4H3. The van der Waals surface area contributed by atoms with Gasteiger partial charge >= 0.3 is 0 Å². The van der Waals surface area contributed by atoms with Crippen molar-refractivity contribution in [3.63, 3.8) is 0 Å². The molecule has 0 spiro atoms. The van der Waals surface area contributed by atoms with E-state index in [1.54, 1.807) is 18.4 Å². The Labute approximate surface area is 127 Å². The summed E-state index contributed by atoms with van der Waals surface area (Å²) < 4.78 is 33.7. The Bertz CT molecular complexity index is 570. The molecule has 1 heterocycles. The maximum atomic E-state index is 12.5. The van der Waals surface area contributed by atoms with Crippen molar-refractivity contribution in [3.05, 3.63) is 35.9 Å². The van der Waals surface area contributed by atoms with Gasteiger partial charge in [-0.15, -0.1) is 0 Å². The first kappa shape index (κ1) is 16.4. The summed E-state index contributed by atoms with van der Waals surface area (Å²) in [6, 6.07) is 10.0. The molecule has 1 aliphatic rings. The van der Waals surface area contributed by atoms with Gasteiger partial charge in [-0.3, -0.25) is 0 Å². The van der Waals surface area contributed by atoms with E-state index in [1.165, 1.54) is 4.31 Å². The van der Waals surface area contributed by atoms with Crippen molar-refractivity contribution in [2.45, 2.75) is 31.9 Å². The molecule has 1 saturated heterocycles. The van der Waals surface area contributed by atoms with Crippen LogP contribution in [0.5, 0.6) is 0 Å². The van der Waals surface area contributed by atoms with E-state index in [4.69, 9.17) is 4.74 Å². The Balaban J connectivity index is 2.16. The van der Waals surface area contributed by atoms with E-state index in [-0.39, 0.29) is 6.10 Å². The summed E-state index contributed by atoms with van der Waals surface area (Å²) in [7, 11) is -0.321. The van der Waals surface area contributed by atoms with E-state index < -0.39 is 15.7 Å². The molecule has 0 saturated carbocycles. The smallest absolute Gasteiger partial charge is 0.282 e. The van der Waals surface area contributed by atoms with Crippen molar-refractivity contribution in [1.29, 1.82) is 0 Å². The lowest BCUT2D eigenvalue weighted by atomic mass is 10.0. The Kier molecular flexibility index (Phi) is 4.72. The Morgan fingerprint density at radius 3 is 2.48 bits per heavy atom. The summed E-state index contributed by atoms with van der Waals surface area (Å²) in [5.74, 6) is 0. The second kappa shape index (κ2) is 6.04. The average Bonchev–Trinajstić information content (AvgIpc) is 2.41. The lowest BCUT2D eigenvalue weighted by Gasteiger charge is -2.45. The molecule has 0 aliphatic carbocycles. The molecule has 1 aliphatic heterocycles. The minimum atomic E-state index is -3.45. The highest BCUT2D eigenvalue weighted by Gasteiger charge is 2.43. The van der Waals surface area contributed by atoms with Gasteiger partial charge in [0.1, 0.15) is 0 Å². The van der Waals surface area contributed by atoms with Crippen molar-refractivity contribution in [3.8, 4) is 0 Å². The van der Waals surface area contributed by atoms with Gasteiger partial charge < -0.3 is 4.74 Å². The topological polar surface area (TPSA) is 49.9 Å². The Hall–Kier alpha value is -0.950. The number of hydrogen-bond acceptors (Lipinski definition) is 3. The van der Waals surface area contributed by atoms with Crippen LogP contribution in [-0.2, 0) is 21.4 Å². The van der Waals surface area contributed by atoms with Crippen molar-refractivity contribution < 1.29 is 13.2 Å². The fourth-order valence-corrected chi connectivity index (χ4v) is 3.91. The van der Waals surface area contributed by atoms with Crippen LogP contribution in [0.4, 0.5) is 0 Å². The highest BCUT2D eigenvalue weighted by molar-refractivity contribution is 7.86. The highest BCUT2D eigenvalue weighted by Crippen LogP contribution is 2.27. The van der Waals surface area contributed by atoms with Gasteiger partial charge in [0.25, 0.3) is 10.2 Å². The van der Waals surface area contributed by atoms with Gasteiger partial charge in [-0.05, 0) is 25.8 Å². The molecule has 6 heteroatoms. The third kappa shape index (κ3) is 3.63. The molecule has 1 aromatic carbocycles. The third-order valence-electron chi connectivity index (χ3n) is 3.76. The van der Waals surface area contributed by atoms with Crippen LogP contribution in [0.2, 0.25) is 0 Å². The van der Waals surface area contributed by atoms with E-state index in [1.807, 2.05) is 44.2 Å². The van der Waals surface area contributed by atoms with Gasteiger partial charge in [0, 0.05) is 20.6 Å². The summed E-state index contributed by atoms with van der Waals surface area (Å²) in [6.45, 7) is 4.57. The van der Waals surface area contributed by atoms with E-state index in [9.17, 15) is 8.42 Å². The molecule has 1 fully saturated rings. The summed E-state index contributed by atoms with van der Waals surface area (Å²) >= 11 is 0. The Morgan fingerprint density at radius 2 is 1.90 bits per heavy atom. The van der Waals surface area contributed by atoms with Crippen LogP contribution in [0.3, 0.4) is 0 Å². The molecule has 1 unspecified atom stereocenters. The summed E-state index contributed by atoms with van der Waals surface area (Å²) in [5, 5.41) is 0. The van der Waals surface area contributed by atoms with Crippen molar-refractivity contribution >= 4 is 10.2 Å². The normalized spacial score (nSPS) is 23.4. The van der Waals surface area contributed by atoms with Gasteiger partial charge in [-0.2, -0.15) is 17.0 Å². The minimum Gasteiger partial charge on any atom is -0.375 e. The van der Waals surface area contributed by atoms with Crippen LogP contribution in [0.1, 0.15) is 19.4 Å². The zero-order valence-corrected chi connectivity index (χ0v) is 13.9. The number of rotatable bonds is 4. The van der Waals surface area contributed by atoms with Crippen LogP contribution < -0.4 is 0 Å². The molecule has 5 nitrogen and oxygen atoms in total. The zero-order chi connectivity index (χ0) is 15.7. The number of ether oxygens (including phenoxy) is 1. The van der Waals surface area contributed by atoms with Gasteiger partial charge in [0.15, 0.2) is 0 Å².